The van der Waals surface area contributed by atoms with Crippen LogP contribution in [0.25, 0.3) is 0 Å². The number of phosphoric acid groups is 1. The molecule has 2 rings (SSSR count). The fraction of sp³-hybridized carbons (Fsp3) is 0.176. The second-order valence-corrected chi connectivity index (χ2v) is 6.06. The molecule has 2 aromatic rings. The molecule has 0 radical (unpaired) electrons. The summed E-state index contributed by atoms with van der Waals surface area (Å²) < 4.78 is 29.1. The Kier molecular flexibility index (Phi) is 6.27. The molecular weight excluding hydrogens is 313 g/mol. The van der Waals surface area contributed by atoms with Crippen LogP contribution >= 0.6 is 7.82 Å². The van der Waals surface area contributed by atoms with Gasteiger partial charge in [0.05, 0.1) is 0 Å². The number of hydrogen-bond acceptors (Lipinski definition) is 5. The topological polar surface area (TPSA) is 56.8 Å². The summed E-state index contributed by atoms with van der Waals surface area (Å²) in [6, 6.07) is 17.5. The Morgan fingerprint density at radius 3 is 1.87 bits per heavy atom. The summed E-state index contributed by atoms with van der Waals surface area (Å²) in [5.74, 6) is 0.791. The molecule has 23 heavy (non-hydrogen) atoms. The molecule has 0 saturated heterocycles. The van der Waals surface area contributed by atoms with Gasteiger partial charge in [-0.2, -0.15) is 0 Å². The van der Waals surface area contributed by atoms with Crippen molar-refractivity contribution in [2.24, 2.45) is 0 Å². The van der Waals surface area contributed by atoms with Crippen LogP contribution in [-0.4, -0.2) is 0 Å². The standard InChI is InChI=1S/C17H20NO4P/c1-3-15(4-2)18-22-23(19,20-16-11-7-5-8-12-16)21-17-13-9-6-10-14-17/h3,5-14,18H,4H2,1-2H3/b15-3+. The maximum Gasteiger partial charge on any atom is 0.609 e. The Balaban J connectivity index is 2.17. The highest BCUT2D eigenvalue weighted by atomic mass is 31.2. The Hall–Kier alpha value is -2.23. The van der Waals surface area contributed by atoms with E-state index in [1.165, 1.54) is 0 Å². The van der Waals surface area contributed by atoms with E-state index in [2.05, 4.69) is 5.48 Å². The maximum atomic E-state index is 12.9. The summed E-state index contributed by atoms with van der Waals surface area (Å²) in [4.78, 5) is 0. The molecule has 122 valence electrons. The van der Waals surface area contributed by atoms with Crippen molar-refractivity contribution >= 4 is 7.82 Å². The number of hydrogen-bond donors (Lipinski definition) is 1. The van der Waals surface area contributed by atoms with Crippen LogP contribution in [0, 0.1) is 0 Å². The SMILES string of the molecule is C/C=C(\CC)NOP(=O)(Oc1ccccc1)Oc1ccccc1. The van der Waals surface area contributed by atoms with Gasteiger partial charge >= 0.3 is 7.82 Å². The molecule has 6 heteroatoms. The van der Waals surface area contributed by atoms with Crippen LogP contribution in [0.3, 0.4) is 0 Å². The predicted molar refractivity (Wildman–Crippen MR) is 90.0 cm³/mol. The first-order valence-corrected chi connectivity index (χ1v) is 8.80. The second-order valence-electron chi connectivity index (χ2n) is 4.62. The van der Waals surface area contributed by atoms with E-state index in [0.717, 1.165) is 5.70 Å². The zero-order valence-corrected chi connectivity index (χ0v) is 14.0. The Labute approximate surface area is 136 Å². The van der Waals surface area contributed by atoms with Gasteiger partial charge in [0.15, 0.2) is 0 Å². The summed E-state index contributed by atoms with van der Waals surface area (Å²) in [6.07, 6.45) is 2.53. The van der Waals surface area contributed by atoms with E-state index < -0.39 is 7.82 Å². The number of hydroxylamine groups is 1. The van der Waals surface area contributed by atoms with E-state index in [1.807, 2.05) is 32.1 Å². The first-order valence-electron chi connectivity index (χ1n) is 7.34. The third kappa shape index (κ3) is 5.47. The van der Waals surface area contributed by atoms with Crippen LogP contribution in [0.15, 0.2) is 72.4 Å². The van der Waals surface area contributed by atoms with Gasteiger partial charge in [-0.05, 0) is 37.6 Å². The first kappa shape index (κ1) is 17.1. The molecule has 1 N–H and O–H groups in total. The average Bonchev–Trinajstić information content (AvgIpc) is 2.57. The Morgan fingerprint density at radius 2 is 1.48 bits per heavy atom. The number of nitrogens with one attached hydrogen (secondary N) is 1. The first-order chi connectivity index (χ1) is 11.1. The van der Waals surface area contributed by atoms with Crippen molar-refractivity contribution in [2.45, 2.75) is 20.3 Å². The van der Waals surface area contributed by atoms with Crippen LogP contribution in [0.1, 0.15) is 20.3 Å². The molecule has 0 spiro atoms. The van der Waals surface area contributed by atoms with Crippen molar-refractivity contribution in [3.05, 3.63) is 72.4 Å². The van der Waals surface area contributed by atoms with Gasteiger partial charge in [-0.1, -0.05) is 49.4 Å². The van der Waals surface area contributed by atoms with Gasteiger partial charge in [0.25, 0.3) is 0 Å². The lowest BCUT2D eigenvalue weighted by Crippen LogP contribution is -2.16. The highest BCUT2D eigenvalue weighted by Gasteiger charge is 2.32. The van der Waals surface area contributed by atoms with E-state index in [1.54, 1.807) is 48.5 Å². The van der Waals surface area contributed by atoms with Gasteiger partial charge in [0, 0.05) is 5.70 Å². The molecule has 0 amide bonds. The Morgan fingerprint density at radius 1 is 1.00 bits per heavy atom. The highest BCUT2D eigenvalue weighted by Crippen LogP contribution is 2.48. The maximum absolute atomic E-state index is 12.9. The summed E-state index contributed by atoms with van der Waals surface area (Å²) in [5.41, 5.74) is 3.42. The molecule has 5 nitrogen and oxygen atoms in total. The minimum Gasteiger partial charge on any atom is -0.394 e. The molecule has 0 saturated carbocycles. The summed E-state index contributed by atoms with van der Waals surface area (Å²) >= 11 is 0. The molecule has 0 aliphatic heterocycles. The summed E-state index contributed by atoms with van der Waals surface area (Å²) in [7, 11) is -3.90. The zero-order chi connectivity index (χ0) is 16.5. The molecule has 0 aliphatic rings. The van der Waals surface area contributed by atoms with Crippen molar-refractivity contribution < 1.29 is 18.2 Å². The van der Waals surface area contributed by atoms with Crippen LogP contribution in [0.5, 0.6) is 11.5 Å². The normalized spacial score (nSPS) is 11.8. The van der Waals surface area contributed by atoms with Crippen molar-refractivity contribution in [1.82, 2.24) is 5.48 Å². The molecule has 0 aliphatic carbocycles. The smallest absolute Gasteiger partial charge is 0.394 e. The second kappa shape index (κ2) is 8.42. The lowest BCUT2D eigenvalue weighted by atomic mass is 10.3. The number of phosphoric ester groups is 1. The van der Waals surface area contributed by atoms with Gasteiger partial charge in [-0.25, -0.2) is 4.57 Å². The minimum atomic E-state index is -3.90. The van der Waals surface area contributed by atoms with E-state index in [-0.39, 0.29) is 0 Å². The molecule has 0 heterocycles. The highest BCUT2D eigenvalue weighted by molar-refractivity contribution is 7.49. The predicted octanol–water partition coefficient (Wildman–Crippen LogP) is 5.09. The third-order valence-electron chi connectivity index (χ3n) is 2.94. The Bertz CT molecular complexity index is 628. The summed E-state index contributed by atoms with van der Waals surface area (Å²) in [6.45, 7) is 3.81. The summed E-state index contributed by atoms with van der Waals surface area (Å²) in [5, 5.41) is 0. The molecular formula is C17H20NO4P. The third-order valence-corrected chi connectivity index (χ3v) is 4.12. The van der Waals surface area contributed by atoms with Crippen LogP contribution < -0.4 is 14.5 Å². The molecule has 2 aromatic carbocycles. The van der Waals surface area contributed by atoms with E-state index in [9.17, 15) is 4.57 Å². The van der Waals surface area contributed by atoms with E-state index >= 15 is 0 Å². The van der Waals surface area contributed by atoms with E-state index in [0.29, 0.717) is 17.9 Å². The van der Waals surface area contributed by atoms with Crippen LogP contribution in [0.2, 0.25) is 0 Å². The van der Waals surface area contributed by atoms with Crippen molar-refractivity contribution in [1.29, 1.82) is 0 Å². The fourth-order valence-electron chi connectivity index (χ4n) is 1.73. The molecule has 0 unspecified atom stereocenters. The average molecular weight is 333 g/mol. The number of para-hydroxylation sites is 2. The lowest BCUT2D eigenvalue weighted by Gasteiger charge is -2.19. The van der Waals surface area contributed by atoms with Gasteiger partial charge in [-0.15, -0.1) is 4.62 Å². The van der Waals surface area contributed by atoms with Crippen LogP contribution in [-0.2, 0) is 9.19 Å². The van der Waals surface area contributed by atoms with E-state index in [4.69, 9.17) is 13.7 Å². The molecule has 0 atom stereocenters. The minimum absolute atomic E-state index is 0.395. The zero-order valence-electron chi connectivity index (χ0n) is 13.1. The lowest BCUT2D eigenvalue weighted by molar-refractivity contribution is 0.153. The molecule has 0 fully saturated rings. The van der Waals surface area contributed by atoms with Gasteiger partial charge in [-0.3, -0.25) is 5.48 Å². The number of benzene rings is 2. The van der Waals surface area contributed by atoms with Crippen molar-refractivity contribution in [2.75, 3.05) is 0 Å². The fourth-order valence-corrected chi connectivity index (χ4v) is 2.83. The number of rotatable bonds is 8. The largest absolute Gasteiger partial charge is 0.609 e. The monoisotopic (exact) mass is 333 g/mol. The van der Waals surface area contributed by atoms with Crippen molar-refractivity contribution in [3.63, 3.8) is 0 Å². The van der Waals surface area contributed by atoms with Gasteiger partial charge < -0.3 is 9.05 Å². The van der Waals surface area contributed by atoms with Crippen molar-refractivity contribution in [3.8, 4) is 11.5 Å². The van der Waals surface area contributed by atoms with Crippen LogP contribution in [0.4, 0.5) is 0 Å². The molecule has 0 bridgehead atoms. The quantitative estimate of drug-likeness (QED) is 0.539. The van der Waals surface area contributed by atoms with Gasteiger partial charge in [0.1, 0.15) is 11.5 Å². The number of allylic oxidation sites excluding steroid dienone is 2. The molecule has 0 aromatic heterocycles. The van der Waals surface area contributed by atoms with Gasteiger partial charge in [0.2, 0.25) is 0 Å².